The average Bonchev–Trinajstić information content (AvgIpc) is 2.89. The summed E-state index contributed by atoms with van der Waals surface area (Å²) in [5, 5.41) is 3.76. The summed E-state index contributed by atoms with van der Waals surface area (Å²) in [5.74, 6) is 1.56. The lowest BCUT2D eigenvalue weighted by Gasteiger charge is -2.38. The summed E-state index contributed by atoms with van der Waals surface area (Å²) in [7, 11) is 2.18. The van der Waals surface area contributed by atoms with Gasteiger partial charge in [-0.2, -0.15) is 0 Å². The Morgan fingerprint density at radius 2 is 1.84 bits per heavy atom. The van der Waals surface area contributed by atoms with Gasteiger partial charge < -0.3 is 5.32 Å². The van der Waals surface area contributed by atoms with Gasteiger partial charge in [-0.05, 0) is 87.1 Å². The Hall–Kier alpha value is -1.60. The van der Waals surface area contributed by atoms with Gasteiger partial charge in [0.15, 0.2) is 0 Å². The SMILES string of the molecule is CC=C/C=C\C(=C/C)c1ccc2c(c1)C[C@H]1CC[C@@H](C2)[C@@]1(CC)NC. The zero-order chi connectivity index (χ0) is 17.9. The molecular formula is C24H33N. The van der Waals surface area contributed by atoms with Gasteiger partial charge in [0, 0.05) is 5.54 Å². The van der Waals surface area contributed by atoms with Crippen molar-refractivity contribution in [1.82, 2.24) is 5.32 Å². The van der Waals surface area contributed by atoms with Gasteiger partial charge in [0.25, 0.3) is 0 Å². The Labute approximate surface area is 153 Å². The van der Waals surface area contributed by atoms with E-state index in [-0.39, 0.29) is 0 Å². The molecule has 134 valence electrons. The van der Waals surface area contributed by atoms with Gasteiger partial charge in [-0.1, -0.05) is 55.5 Å². The van der Waals surface area contributed by atoms with Crippen molar-refractivity contribution in [3.05, 3.63) is 65.3 Å². The summed E-state index contributed by atoms with van der Waals surface area (Å²) in [5.41, 5.74) is 6.17. The van der Waals surface area contributed by atoms with Crippen molar-refractivity contribution in [3.8, 4) is 0 Å². The molecule has 0 spiro atoms. The molecule has 0 saturated heterocycles. The maximum Gasteiger partial charge on any atom is 0.0238 e. The molecule has 0 radical (unpaired) electrons. The maximum absolute atomic E-state index is 3.76. The zero-order valence-electron chi connectivity index (χ0n) is 16.3. The molecule has 1 fully saturated rings. The molecule has 1 heteroatoms. The normalized spacial score (nSPS) is 29.4. The van der Waals surface area contributed by atoms with Gasteiger partial charge in [-0.15, -0.1) is 0 Å². The molecule has 0 aromatic heterocycles. The van der Waals surface area contributed by atoms with E-state index < -0.39 is 0 Å². The third-order valence-corrected chi connectivity index (χ3v) is 6.73. The molecule has 3 rings (SSSR count). The topological polar surface area (TPSA) is 12.0 Å². The molecule has 1 saturated carbocycles. The molecular weight excluding hydrogens is 302 g/mol. The number of allylic oxidation sites excluding steroid dienone is 6. The highest BCUT2D eigenvalue weighted by Gasteiger charge is 2.49. The van der Waals surface area contributed by atoms with E-state index in [0.29, 0.717) is 5.54 Å². The van der Waals surface area contributed by atoms with Crippen LogP contribution in [0.5, 0.6) is 0 Å². The molecule has 25 heavy (non-hydrogen) atoms. The number of nitrogens with one attached hydrogen (secondary N) is 1. The summed E-state index contributed by atoms with van der Waals surface area (Å²) in [6.07, 6.45) is 17.2. The van der Waals surface area contributed by atoms with Crippen LogP contribution in [-0.2, 0) is 12.8 Å². The monoisotopic (exact) mass is 335 g/mol. The minimum absolute atomic E-state index is 0.342. The molecule has 2 bridgehead atoms. The van der Waals surface area contributed by atoms with Crippen LogP contribution in [0, 0.1) is 11.8 Å². The molecule has 3 atom stereocenters. The minimum Gasteiger partial charge on any atom is -0.314 e. The standard InChI is InChI=1S/C24H33N/c1-5-8-9-10-18(6-2)19-11-12-20-16-22-13-14-23(17-21(20)15-19)24(22,7-3)25-4/h5-6,8-12,15,22-23,25H,7,13-14,16-17H2,1-4H3/b8-5?,10-9-,18-6+/t22-,23+,24+/m0/s1. The Bertz CT molecular complexity index is 688. The zero-order valence-corrected chi connectivity index (χ0v) is 16.3. The summed E-state index contributed by atoms with van der Waals surface area (Å²) in [4.78, 5) is 0. The van der Waals surface area contributed by atoms with Crippen molar-refractivity contribution in [3.63, 3.8) is 0 Å². The fraction of sp³-hybridized carbons (Fsp3) is 0.500. The molecule has 2 aliphatic rings. The quantitative estimate of drug-likeness (QED) is 0.679. The summed E-state index contributed by atoms with van der Waals surface area (Å²) < 4.78 is 0. The fourth-order valence-electron chi connectivity index (χ4n) is 5.34. The van der Waals surface area contributed by atoms with E-state index in [2.05, 4.69) is 81.7 Å². The lowest BCUT2D eigenvalue weighted by Crippen LogP contribution is -2.51. The Kier molecular flexibility index (Phi) is 5.64. The van der Waals surface area contributed by atoms with Crippen LogP contribution in [0.4, 0.5) is 0 Å². The largest absolute Gasteiger partial charge is 0.314 e. The summed E-state index contributed by atoms with van der Waals surface area (Å²) in [6.45, 7) is 6.55. The van der Waals surface area contributed by atoms with Crippen molar-refractivity contribution in [2.45, 2.75) is 58.4 Å². The lowest BCUT2D eigenvalue weighted by molar-refractivity contribution is 0.193. The minimum atomic E-state index is 0.342. The summed E-state index contributed by atoms with van der Waals surface area (Å²) in [6, 6.07) is 7.18. The van der Waals surface area contributed by atoms with Crippen LogP contribution in [-0.4, -0.2) is 12.6 Å². The molecule has 2 aliphatic carbocycles. The van der Waals surface area contributed by atoms with Crippen molar-refractivity contribution < 1.29 is 0 Å². The molecule has 0 unspecified atom stereocenters. The maximum atomic E-state index is 3.76. The van der Waals surface area contributed by atoms with Gasteiger partial charge in [0.1, 0.15) is 0 Å². The van der Waals surface area contributed by atoms with Crippen molar-refractivity contribution in [2.24, 2.45) is 11.8 Å². The summed E-state index contributed by atoms with van der Waals surface area (Å²) >= 11 is 0. The fourth-order valence-corrected chi connectivity index (χ4v) is 5.34. The first-order valence-corrected chi connectivity index (χ1v) is 9.95. The first kappa shape index (κ1) is 18.2. The third-order valence-electron chi connectivity index (χ3n) is 6.73. The Balaban J connectivity index is 1.93. The van der Waals surface area contributed by atoms with Crippen molar-refractivity contribution in [2.75, 3.05) is 7.05 Å². The molecule has 1 nitrogen and oxygen atoms in total. The molecule has 1 N–H and O–H groups in total. The van der Waals surface area contributed by atoms with E-state index >= 15 is 0 Å². The second kappa shape index (κ2) is 7.74. The molecule has 0 amide bonds. The van der Waals surface area contributed by atoms with E-state index in [0.717, 1.165) is 11.8 Å². The number of benzene rings is 1. The number of hydrogen-bond donors (Lipinski definition) is 1. The first-order chi connectivity index (χ1) is 12.2. The predicted octanol–water partition coefficient (Wildman–Crippen LogP) is 5.72. The number of fused-ring (bicyclic) bond motifs is 3. The second-order valence-electron chi connectivity index (χ2n) is 7.64. The van der Waals surface area contributed by atoms with E-state index in [9.17, 15) is 0 Å². The Morgan fingerprint density at radius 3 is 2.44 bits per heavy atom. The Morgan fingerprint density at radius 1 is 1.12 bits per heavy atom. The molecule has 1 aromatic carbocycles. The van der Waals surface area contributed by atoms with E-state index in [4.69, 9.17) is 0 Å². The molecule has 0 heterocycles. The van der Waals surface area contributed by atoms with Crippen LogP contribution in [0.25, 0.3) is 5.57 Å². The van der Waals surface area contributed by atoms with Crippen LogP contribution < -0.4 is 5.32 Å². The number of rotatable bonds is 5. The second-order valence-corrected chi connectivity index (χ2v) is 7.64. The smallest absolute Gasteiger partial charge is 0.0238 e. The highest BCUT2D eigenvalue weighted by atomic mass is 15.0. The third kappa shape index (κ3) is 3.27. The van der Waals surface area contributed by atoms with E-state index in [1.165, 1.54) is 43.2 Å². The average molecular weight is 336 g/mol. The van der Waals surface area contributed by atoms with Gasteiger partial charge in [0.05, 0.1) is 0 Å². The van der Waals surface area contributed by atoms with E-state index in [1.807, 2.05) is 0 Å². The number of hydrogen-bond acceptors (Lipinski definition) is 1. The van der Waals surface area contributed by atoms with E-state index in [1.54, 1.807) is 11.1 Å². The van der Waals surface area contributed by atoms with Crippen LogP contribution in [0.1, 0.15) is 56.7 Å². The van der Waals surface area contributed by atoms with Crippen molar-refractivity contribution in [1.29, 1.82) is 0 Å². The van der Waals surface area contributed by atoms with Crippen LogP contribution in [0.2, 0.25) is 0 Å². The van der Waals surface area contributed by atoms with Crippen LogP contribution in [0.15, 0.2) is 48.6 Å². The van der Waals surface area contributed by atoms with Crippen molar-refractivity contribution >= 4 is 5.57 Å². The van der Waals surface area contributed by atoms with Gasteiger partial charge >= 0.3 is 0 Å². The van der Waals surface area contributed by atoms with Gasteiger partial charge in [0.2, 0.25) is 0 Å². The lowest BCUT2D eigenvalue weighted by atomic mass is 9.77. The molecule has 1 aromatic rings. The predicted molar refractivity (Wildman–Crippen MR) is 110 cm³/mol. The van der Waals surface area contributed by atoms with Crippen LogP contribution >= 0.6 is 0 Å². The highest BCUT2D eigenvalue weighted by Crippen LogP contribution is 2.48. The van der Waals surface area contributed by atoms with Gasteiger partial charge in [-0.3, -0.25) is 0 Å². The van der Waals surface area contributed by atoms with Crippen LogP contribution in [0.3, 0.4) is 0 Å². The first-order valence-electron chi connectivity index (χ1n) is 9.95. The van der Waals surface area contributed by atoms with Gasteiger partial charge in [-0.25, -0.2) is 0 Å². The highest BCUT2D eigenvalue weighted by molar-refractivity contribution is 5.74. The molecule has 0 aliphatic heterocycles.